The largest absolute Gasteiger partial charge is 0.505 e. The lowest BCUT2D eigenvalue weighted by atomic mass is 10.1. The topological polar surface area (TPSA) is 132 Å². The third kappa shape index (κ3) is 8.99. The zero-order valence-electron chi connectivity index (χ0n) is 22.5. The van der Waals surface area contributed by atoms with Gasteiger partial charge in [0.05, 0.1) is 27.2 Å². The third-order valence-electron chi connectivity index (χ3n) is 5.60. The first-order valence-electron chi connectivity index (χ1n) is 12.1. The molecule has 0 aromatic heterocycles. The standard InChI is InChI=1S/C15H14Cl2N2O2.C14H12Cl2N2O3/c1-8-4-3-5-9(2)13(8)19-15(21)18-10-6-11(16)14(20)12(17)7-10;1-21-10-4-2-3-8(5-10)17-14(20)18-9-6-11(15)13(19)12(16)7-9/h3-7,20H,1-2H3,(H2,18,19,21);2-7,19H,1H3,(H2,17,18,20). The van der Waals surface area contributed by atoms with E-state index in [0.717, 1.165) is 16.8 Å². The molecule has 220 valence electrons. The number of hydrogen-bond donors (Lipinski definition) is 6. The van der Waals surface area contributed by atoms with Crippen LogP contribution >= 0.6 is 46.4 Å². The number of amides is 4. The molecule has 0 fully saturated rings. The monoisotopic (exact) mass is 650 g/mol. The summed E-state index contributed by atoms with van der Waals surface area (Å²) in [4.78, 5) is 23.9. The van der Waals surface area contributed by atoms with Crippen LogP contribution in [0, 0.1) is 13.8 Å². The molecule has 13 heteroatoms. The van der Waals surface area contributed by atoms with E-state index in [4.69, 9.17) is 51.1 Å². The molecule has 0 bridgehead atoms. The predicted octanol–water partition coefficient (Wildman–Crippen LogP) is 9.31. The van der Waals surface area contributed by atoms with Crippen LogP contribution < -0.4 is 26.0 Å². The van der Waals surface area contributed by atoms with Crippen molar-refractivity contribution >= 4 is 81.2 Å². The fraction of sp³-hybridized carbons (Fsp3) is 0.103. The molecule has 4 aromatic rings. The third-order valence-corrected chi connectivity index (χ3v) is 6.75. The smallest absolute Gasteiger partial charge is 0.323 e. The summed E-state index contributed by atoms with van der Waals surface area (Å²) in [5.74, 6) is 0.194. The number of rotatable bonds is 5. The van der Waals surface area contributed by atoms with Gasteiger partial charge >= 0.3 is 12.1 Å². The summed E-state index contributed by atoms with van der Waals surface area (Å²) in [6.07, 6.45) is 0. The average Bonchev–Trinajstić information content (AvgIpc) is 2.93. The molecule has 4 aromatic carbocycles. The molecule has 4 amide bonds. The SMILES string of the molecule is COc1cccc(NC(=O)Nc2cc(Cl)c(O)c(Cl)c2)c1.Cc1cccc(C)c1NC(=O)Nc1cc(Cl)c(O)c(Cl)c1. The Bertz CT molecular complexity index is 1550. The van der Waals surface area contributed by atoms with E-state index in [2.05, 4.69) is 21.3 Å². The Labute approximate surface area is 262 Å². The van der Waals surface area contributed by atoms with E-state index in [1.165, 1.54) is 24.3 Å². The highest BCUT2D eigenvalue weighted by Crippen LogP contribution is 2.35. The maximum absolute atomic E-state index is 12.0. The number of phenols is 2. The zero-order chi connectivity index (χ0) is 31.0. The van der Waals surface area contributed by atoms with Gasteiger partial charge in [-0.05, 0) is 61.4 Å². The Kier molecular flexibility index (Phi) is 11.4. The van der Waals surface area contributed by atoms with Crippen LogP contribution in [0.3, 0.4) is 0 Å². The summed E-state index contributed by atoms with van der Waals surface area (Å²) in [6, 6.07) is 17.4. The number of phenolic OH excluding ortho intramolecular Hbond substituents is 2. The van der Waals surface area contributed by atoms with Gasteiger partial charge in [-0.15, -0.1) is 0 Å². The second-order valence-corrected chi connectivity index (χ2v) is 10.4. The van der Waals surface area contributed by atoms with Crippen LogP contribution in [-0.2, 0) is 0 Å². The first kappa shape index (κ1) is 32.5. The summed E-state index contributed by atoms with van der Waals surface area (Å²) in [5, 5.41) is 29.8. The molecule has 4 rings (SSSR count). The summed E-state index contributed by atoms with van der Waals surface area (Å²) in [5.41, 5.74) is 4.02. The molecule has 0 saturated carbocycles. The number of para-hydroxylation sites is 1. The zero-order valence-corrected chi connectivity index (χ0v) is 25.5. The van der Waals surface area contributed by atoms with Crippen LogP contribution in [0.15, 0.2) is 66.7 Å². The van der Waals surface area contributed by atoms with Crippen LogP contribution in [0.5, 0.6) is 17.2 Å². The van der Waals surface area contributed by atoms with Crippen LogP contribution in [0.4, 0.5) is 32.3 Å². The van der Waals surface area contributed by atoms with E-state index in [-0.39, 0.29) is 31.6 Å². The maximum Gasteiger partial charge on any atom is 0.323 e. The van der Waals surface area contributed by atoms with Gasteiger partial charge in [0.15, 0.2) is 11.5 Å². The van der Waals surface area contributed by atoms with Gasteiger partial charge < -0.3 is 36.2 Å². The second-order valence-electron chi connectivity index (χ2n) is 8.73. The molecule has 0 heterocycles. The molecule has 0 atom stereocenters. The molecular formula is C29H26Cl4N4O5. The normalized spacial score (nSPS) is 10.2. The minimum absolute atomic E-state index is 0.0548. The number of ether oxygens (including phenoxy) is 1. The lowest BCUT2D eigenvalue weighted by Crippen LogP contribution is -2.20. The van der Waals surface area contributed by atoms with E-state index < -0.39 is 12.1 Å². The van der Waals surface area contributed by atoms with Crippen LogP contribution in [0.2, 0.25) is 20.1 Å². The first-order chi connectivity index (χ1) is 19.9. The van der Waals surface area contributed by atoms with Crippen LogP contribution in [0.1, 0.15) is 11.1 Å². The van der Waals surface area contributed by atoms with Gasteiger partial charge in [-0.2, -0.15) is 0 Å². The van der Waals surface area contributed by atoms with Gasteiger partial charge in [0.25, 0.3) is 0 Å². The molecule has 0 radical (unpaired) electrons. The number of urea groups is 2. The first-order valence-corrected chi connectivity index (χ1v) is 13.6. The minimum Gasteiger partial charge on any atom is -0.505 e. The van der Waals surface area contributed by atoms with E-state index in [9.17, 15) is 19.8 Å². The second kappa shape index (κ2) is 14.7. The molecular weight excluding hydrogens is 626 g/mol. The summed E-state index contributed by atoms with van der Waals surface area (Å²) < 4.78 is 5.06. The Morgan fingerprint density at radius 1 is 0.619 bits per heavy atom. The van der Waals surface area contributed by atoms with E-state index in [1.54, 1.807) is 31.4 Å². The molecule has 0 aliphatic rings. The van der Waals surface area contributed by atoms with E-state index in [0.29, 0.717) is 22.8 Å². The predicted molar refractivity (Wildman–Crippen MR) is 170 cm³/mol. The molecule has 0 unspecified atom stereocenters. The molecule has 9 nitrogen and oxygen atoms in total. The Morgan fingerprint density at radius 2 is 1.02 bits per heavy atom. The van der Waals surface area contributed by atoms with Gasteiger partial charge in [-0.25, -0.2) is 9.59 Å². The van der Waals surface area contributed by atoms with Crippen molar-refractivity contribution in [3.63, 3.8) is 0 Å². The summed E-state index contributed by atoms with van der Waals surface area (Å²) in [6.45, 7) is 3.83. The van der Waals surface area contributed by atoms with Crippen molar-refractivity contribution in [2.75, 3.05) is 28.4 Å². The number of aryl methyl sites for hydroxylation is 2. The molecule has 0 aliphatic carbocycles. The Hall–Kier alpha value is -4.02. The van der Waals surface area contributed by atoms with Gasteiger partial charge in [0.1, 0.15) is 5.75 Å². The number of anilines is 4. The van der Waals surface area contributed by atoms with Gasteiger partial charge in [0, 0.05) is 28.8 Å². The van der Waals surface area contributed by atoms with Gasteiger partial charge in [-0.3, -0.25) is 0 Å². The summed E-state index contributed by atoms with van der Waals surface area (Å²) >= 11 is 23.2. The number of methoxy groups -OCH3 is 1. The Morgan fingerprint density at radius 3 is 1.48 bits per heavy atom. The number of carbonyl (C=O) groups excluding carboxylic acids is 2. The lowest BCUT2D eigenvalue weighted by Gasteiger charge is -2.13. The van der Waals surface area contributed by atoms with Crippen molar-refractivity contribution in [1.82, 2.24) is 0 Å². The summed E-state index contributed by atoms with van der Waals surface area (Å²) in [7, 11) is 1.54. The van der Waals surface area contributed by atoms with E-state index >= 15 is 0 Å². The van der Waals surface area contributed by atoms with Gasteiger partial charge in [0.2, 0.25) is 0 Å². The van der Waals surface area contributed by atoms with Crippen LogP contribution in [0.25, 0.3) is 0 Å². The molecule has 6 N–H and O–H groups in total. The van der Waals surface area contributed by atoms with E-state index in [1.807, 2.05) is 32.0 Å². The molecule has 0 saturated heterocycles. The minimum atomic E-state index is -0.471. The number of carbonyl (C=O) groups is 2. The average molecular weight is 652 g/mol. The number of hydrogen-bond acceptors (Lipinski definition) is 5. The van der Waals surface area contributed by atoms with Gasteiger partial charge in [-0.1, -0.05) is 70.7 Å². The Balaban J connectivity index is 0.000000230. The highest BCUT2D eigenvalue weighted by molar-refractivity contribution is 6.38. The van der Waals surface area contributed by atoms with Crippen molar-refractivity contribution in [3.8, 4) is 17.2 Å². The van der Waals surface area contributed by atoms with Crippen molar-refractivity contribution in [1.29, 1.82) is 0 Å². The van der Waals surface area contributed by atoms with Crippen molar-refractivity contribution in [2.24, 2.45) is 0 Å². The highest BCUT2D eigenvalue weighted by atomic mass is 35.5. The number of benzene rings is 4. The fourth-order valence-electron chi connectivity index (χ4n) is 3.56. The number of halogens is 4. The fourth-order valence-corrected chi connectivity index (χ4v) is 4.53. The number of aromatic hydroxyl groups is 2. The lowest BCUT2D eigenvalue weighted by molar-refractivity contribution is 0.261. The molecule has 42 heavy (non-hydrogen) atoms. The van der Waals surface area contributed by atoms with Crippen molar-refractivity contribution in [3.05, 3.63) is 97.9 Å². The highest BCUT2D eigenvalue weighted by Gasteiger charge is 2.12. The van der Waals surface area contributed by atoms with Crippen molar-refractivity contribution < 1.29 is 24.5 Å². The molecule has 0 aliphatic heterocycles. The van der Waals surface area contributed by atoms with Crippen molar-refractivity contribution in [2.45, 2.75) is 13.8 Å². The molecule has 0 spiro atoms. The quantitative estimate of drug-likeness (QED) is 0.120. The maximum atomic E-state index is 12.0. The van der Waals surface area contributed by atoms with Crippen LogP contribution in [-0.4, -0.2) is 29.4 Å². The number of nitrogens with one attached hydrogen (secondary N) is 4.